The van der Waals surface area contributed by atoms with Crippen LogP contribution in [0.3, 0.4) is 0 Å². The highest BCUT2D eigenvalue weighted by Gasteiger charge is 2.18. The molecule has 140 valence electrons. The van der Waals surface area contributed by atoms with E-state index in [9.17, 15) is 4.79 Å². The van der Waals surface area contributed by atoms with Crippen molar-refractivity contribution in [3.63, 3.8) is 0 Å². The van der Waals surface area contributed by atoms with Crippen LogP contribution in [0.4, 0.5) is 0 Å². The number of nitrogens with one attached hydrogen (secondary N) is 1. The Balaban J connectivity index is 2.14. The maximum absolute atomic E-state index is 12.6. The fourth-order valence-corrected chi connectivity index (χ4v) is 2.64. The summed E-state index contributed by atoms with van der Waals surface area (Å²) in [7, 11) is 1.53. The Morgan fingerprint density at radius 2 is 2.04 bits per heavy atom. The molecule has 1 atom stereocenters. The highest BCUT2D eigenvalue weighted by Crippen LogP contribution is 2.36. The van der Waals surface area contributed by atoms with E-state index >= 15 is 0 Å². The summed E-state index contributed by atoms with van der Waals surface area (Å²) in [6.07, 6.45) is 2.60. The molecular weight excluding hydrogens is 352 g/mol. The fourth-order valence-electron chi connectivity index (χ4n) is 2.37. The lowest BCUT2D eigenvalue weighted by molar-refractivity contribution is 0.0938. The SMILES string of the molecule is COc1cc(C(=O)NC(C)c2ccccn2)cc(Cl)c1OCCC(C)C. The number of ether oxygens (including phenoxy) is 2. The third-order valence-corrected chi connectivity index (χ3v) is 4.19. The topological polar surface area (TPSA) is 60.5 Å². The number of carbonyl (C=O) groups excluding carboxylic acids is 1. The Morgan fingerprint density at radius 1 is 1.27 bits per heavy atom. The predicted molar refractivity (Wildman–Crippen MR) is 103 cm³/mol. The zero-order valence-electron chi connectivity index (χ0n) is 15.6. The molecule has 1 amide bonds. The molecule has 0 radical (unpaired) electrons. The van der Waals surface area contributed by atoms with Crippen molar-refractivity contribution in [2.24, 2.45) is 5.92 Å². The number of halogens is 1. The molecule has 1 N–H and O–H groups in total. The van der Waals surface area contributed by atoms with Crippen LogP contribution in [-0.4, -0.2) is 24.6 Å². The molecule has 2 rings (SSSR count). The monoisotopic (exact) mass is 376 g/mol. The zero-order valence-corrected chi connectivity index (χ0v) is 16.3. The third kappa shape index (κ3) is 5.36. The average molecular weight is 377 g/mol. The number of nitrogens with zero attached hydrogens (tertiary/aromatic N) is 1. The van der Waals surface area contributed by atoms with Gasteiger partial charge in [-0.15, -0.1) is 0 Å². The number of aromatic nitrogens is 1. The van der Waals surface area contributed by atoms with E-state index in [-0.39, 0.29) is 11.9 Å². The Bertz CT molecular complexity index is 735. The standard InChI is InChI=1S/C20H25ClN2O3/c1-13(2)8-10-26-19-16(21)11-15(12-18(19)25-4)20(24)23-14(3)17-7-5-6-9-22-17/h5-7,9,11-14H,8,10H2,1-4H3,(H,23,24). The molecule has 5 nitrogen and oxygen atoms in total. The average Bonchev–Trinajstić information content (AvgIpc) is 2.63. The number of hydrogen-bond donors (Lipinski definition) is 1. The molecule has 1 aromatic carbocycles. The maximum Gasteiger partial charge on any atom is 0.251 e. The summed E-state index contributed by atoms with van der Waals surface area (Å²) in [6.45, 7) is 6.66. The normalized spacial score (nSPS) is 11.9. The lowest BCUT2D eigenvalue weighted by atomic mass is 10.1. The van der Waals surface area contributed by atoms with Crippen molar-refractivity contribution in [2.45, 2.75) is 33.2 Å². The minimum Gasteiger partial charge on any atom is -0.493 e. The van der Waals surface area contributed by atoms with Crippen LogP contribution in [0.15, 0.2) is 36.5 Å². The number of hydrogen-bond acceptors (Lipinski definition) is 4. The van der Waals surface area contributed by atoms with Crippen molar-refractivity contribution in [1.82, 2.24) is 10.3 Å². The Labute approximate surface area is 159 Å². The second kappa shape index (κ2) is 9.43. The molecule has 0 aliphatic rings. The number of rotatable bonds is 8. The number of carbonyl (C=O) groups is 1. The first-order valence-corrected chi connectivity index (χ1v) is 9.02. The molecule has 0 saturated heterocycles. The van der Waals surface area contributed by atoms with E-state index < -0.39 is 0 Å². The number of methoxy groups -OCH3 is 1. The first-order valence-electron chi connectivity index (χ1n) is 8.64. The van der Waals surface area contributed by atoms with E-state index in [0.29, 0.717) is 34.6 Å². The Kier molecular flexibility index (Phi) is 7.27. The lowest BCUT2D eigenvalue weighted by Gasteiger charge is -2.16. The molecule has 0 aliphatic carbocycles. The van der Waals surface area contributed by atoms with Crippen molar-refractivity contribution in [3.05, 3.63) is 52.8 Å². The zero-order chi connectivity index (χ0) is 19.1. The largest absolute Gasteiger partial charge is 0.493 e. The van der Waals surface area contributed by atoms with Crippen LogP contribution in [-0.2, 0) is 0 Å². The molecule has 1 heterocycles. The van der Waals surface area contributed by atoms with E-state index in [4.69, 9.17) is 21.1 Å². The van der Waals surface area contributed by atoms with Gasteiger partial charge in [-0.3, -0.25) is 9.78 Å². The molecule has 2 aromatic rings. The van der Waals surface area contributed by atoms with Crippen LogP contribution in [0.25, 0.3) is 0 Å². The van der Waals surface area contributed by atoms with Crippen LogP contribution in [0.5, 0.6) is 11.5 Å². The van der Waals surface area contributed by atoms with Gasteiger partial charge in [-0.1, -0.05) is 31.5 Å². The van der Waals surface area contributed by atoms with Crippen LogP contribution >= 0.6 is 11.6 Å². The minimum atomic E-state index is -0.253. The van der Waals surface area contributed by atoms with E-state index in [0.717, 1.165) is 12.1 Å². The summed E-state index contributed by atoms with van der Waals surface area (Å²) in [6, 6.07) is 8.58. The number of benzene rings is 1. The van der Waals surface area contributed by atoms with Crippen molar-refractivity contribution in [3.8, 4) is 11.5 Å². The molecule has 0 fully saturated rings. The number of amides is 1. The molecule has 1 unspecified atom stereocenters. The number of pyridine rings is 1. The van der Waals surface area contributed by atoms with E-state index in [1.165, 1.54) is 7.11 Å². The van der Waals surface area contributed by atoms with Gasteiger partial charge in [0.2, 0.25) is 0 Å². The smallest absolute Gasteiger partial charge is 0.251 e. The molecular formula is C20H25ClN2O3. The quantitative estimate of drug-likeness (QED) is 0.727. The molecule has 26 heavy (non-hydrogen) atoms. The van der Waals surface area contributed by atoms with E-state index in [1.807, 2.05) is 25.1 Å². The molecule has 0 saturated carbocycles. The van der Waals surface area contributed by atoms with E-state index in [2.05, 4.69) is 24.1 Å². The van der Waals surface area contributed by atoms with Crippen LogP contribution < -0.4 is 14.8 Å². The van der Waals surface area contributed by atoms with Crippen molar-refractivity contribution in [1.29, 1.82) is 0 Å². The van der Waals surface area contributed by atoms with Gasteiger partial charge < -0.3 is 14.8 Å². The van der Waals surface area contributed by atoms with Gasteiger partial charge in [0.05, 0.1) is 30.5 Å². The Morgan fingerprint density at radius 3 is 2.65 bits per heavy atom. The van der Waals surface area contributed by atoms with Gasteiger partial charge in [-0.2, -0.15) is 0 Å². The molecule has 0 spiro atoms. The summed E-state index contributed by atoms with van der Waals surface area (Å²) >= 11 is 6.33. The van der Waals surface area contributed by atoms with Crippen LogP contribution in [0, 0.1) is 5.92 Å². The van der Waals surface area contributed by atoms with Gasteiger partial charge >= 0.3 is 0 Å². The summed E-state index contributed by atoms with van der Waals surface area (Å²) in [5, 5.41) is 3.26. The summed E-state index contributed by atoms with van der Waals surface area (Å²) in [4.78, 5) is 16.8. The Hall–Kier alpha value is -2.27. The summed E-state index contributed by atoms with van der Waals surface area (Å²) in [5.74, 6) is 1.18. The second-order valence-electron chi connectivity index (χ2n) is 6.47. The summed E-state index contributed by atoms with van der Waals surface area (Å²) in [5.41, 5.74) is 1.19. The highest BCUT2D eigenvalue weighted by molar-refractivity contribution is 6.32. The van der Waals surface area contributed by atoms with Gasteiger partial charge in [0, 0.05) is 11.8 Å². The van der Waals surface area contributed by atoms with Gasteiger partial charge in [0.15, 0.2) is 11.5 Å². The van der Waals surface area contributed by atoms with Crippen molar-refractivity contribution < 1.29 is 14.3 Å². The summed E-state index contributed by atoms with van der Waals surface area (Å²) < 4.78 is 11.1. The molecule has 0 bridgehead atoms. The van der Waals surface area contributed by atoms with Crippen molar-refractivity contribution >= 4 is 17.5 Å². The van der Waals surface area contributed by atoms with E-state index in [1.54, 1.807) is 18.3 Å². The lowest BCUT2D eigenvalue weighted by Crippen LogP contribution is -2.27. The highest BCUT2D eigenvalue weighted by atomic mass is 35.5. The third-order valence-electron chi connectivity index (χ3n) is 3.91. The predicted octanol–water partition coefficient (Wildman–Crippen LogP) is 4.66. The van der Waals surface area contributed by atoms with Crippen LogP contribution in [0.2, 0.25) is 5.02 Å². The van der Waals surface area contributed by atoms with Gasteiger partial charge in [0.1, 0.15) is 0 Å². The second-order valence-corrected chi connectivity index (χ2v) is 6.88. The van der Waals surface area contributed by atoms with Crippen LogP contribution in [0.1, 0.15) is 49.3 Å². The van der Waals surface area contributed by atoms with Gasteiger partial charge in [-0.25, -0.2) is 0 Å². The first-order chi connectivity index (χ1) is 12.4. The van der Waals surface area contributed by atoms with Crippen molar-refractivity contribution in [2.75, 3.05) is 13.7 Å². The van der Waals surface area contributed by atoms with Gasteiger partial charge in [-0.05, 0) is 43.5 Å². The first kappa shape index (κ1) is 20.0. The molecule has 1 aromatic heterocycles. The fraction of sp³-hybridized carbons (Fsp3) is 0.400. The molecule has 0 aliphatic heterocycles. The molecule has 6 heteroatoms. The maximum atomic E-state index is 12.6. The van der Waals surface area contributed by atoms with Gasteiger partial charge in [0.25, 0.3) is 5.91 Å². The minimum absolute atomic E-state index is 0.226.